The Hall–Kier alpha value is -2.77. The van der Waals surface area contributed by atoms with E-state index in [1.54, 1.807) is 0 Å². The standard InChI is InChI=1S/C21H23N5O2/c27-21-18(15-5-1-2-6-16(15)24-21)20-23-17-12-14(13-22-19(17)25-20)4-3-7-26-8-10-28-11-9-26/h1-2,5-6,12-13,18H,3-4,7-11H2,(H,24,27)(H,22,23,25). The number of fused-ring (bicyclic) bond motifs is 2. The quantitative estimate of drug-likeness (QED) is 0.713. The van der Waals surface area contributed by atoms with Crippen molar-refractivity contribution in [1.29, 1.82) is 0 Å². The van der Waals surface area contributed by atoms with Crippen LogP contribution in [0.5, 0.6) is 0 Å². The van der Waals surface area contributed by atoms with Crippen LogP contribution in [0.2, 0.25) is 0 Å². The lowest BCUT2D eigenvalue weighted by atomic mass is 10.0. The number of imidazole rings is 1. The van der Waals surface area contributed by atoms with Gasteiger partial charge in [-0.05, 0) is 42.6 Å². The summed E-state index contributed by atoms with van der Waals surface area (Å²) in [4.78, 5) is 27.3. The summed E-state index contributed by atoms with van der Waals surface area (Å²) < 4.78 is 5.40. The molecular formula is C21H23N5O2. The van der Waals surface area contributed by atoms with Gasteiger partial charge < -0.3 is 15.0 Å². The molecule has 0 spiro atoms. The molecular weight excluding hydrogens is 354 g/mol. The van der Waals surface area contributed by atoms with Crippen LogP contribution in [-0.4, -0.2) is 58.6 Å². The zero-order valence-corrected chi connectivity index (χ0v) is 15.6. The number of hydrogen-bond acceptors (Lipinski definition) is 5. The summed E-state index contributed by atoms with van der Waals surface area (Å²) in [5.74, 6) is 0.191. The van der Waals surface area contributed by atoms with Gasteiger partial charge in [0.15, 0.2) is 5.65 Å². The van der Waals surface area contributed by atoms with E-state index in [0.717, 1.165) is 62.5 Å². The number of carbonyl (C=O) groups excluding carboxylic acids is 1. The molecule has 1 fully saturated rings. The predicted molar refractivity (Wildman–Crippen MR) is 106 cm³/mol. The van der Waals surface area contributed by atoms with Crippen molar-refractivity contribution in [1.82, 2.24) is 19.9 Å². The fourth-order valence-electron chi connectivity index (χ4n) is 4.05. The molecule has 2 aliphatic heterocycles. The number of morpholine rings is 1. The topological polar surface area (TPSA) is 83.1 Å². The summed E-state index contributed by atoms with van der Waals surface area (Å²) in [7, 11) is 0. The first kappa shape index (κ1) is 17.3. The number of anilines is 1. The minimum atomic E-state index is -0.407. The van der Waals surface area contributed by atoms with Crippen molar-refractivity contribution in [2.45, 2.75) is 18.8 Å². The van der Waals surface area contributed by atoms with Gasteiger partial charge in [-0.15, -0.1) is 0 Å². The second kappa shape index (κ2) is 7.33. The molecule has 0 bridgehead atoms. The Morgan fingerprint density at radius 3 is 2.96 bits per heavy atom. The lowest BCUT2D eigenvalue weighted by molar-refractivity contribution is -0.116. The summed E-state index contributed by atoms with van der Waals surface area (Å²) >= 11 is 0. The molecule has 2 aliphatic rings. The number of aromatic nitrogens is 3. The van der Waals surface area contributed by atoms with E-state index in [4.69, 9.17) is 4.74 Å². The van der Waals surface area contributed by atoms with Crippen LogP contribution in [0, 0.1) is 0 Å². The average molecular weight is 377 g/mol. The molecule has 0 aliphatic carbocycles. The summed E-state index contributed by atoms with van der Waals surface area (Å²) in [6.45, 7) is 4.79. The molecule has 28 heavy (non-hydrogen) atoms. The van der Waals surface area contributed by atoms with E-state index in [0.29, 0.717) is 11.5 Å². The van der Waals surface area contributed by atoms with Crippen molar-refractivity contribution >= 4 is 22.8 Å². The Labute approximate surface area is 163 Å². The van der Waals surface area contributed by atoms with Gasteiger partial charge in [-0.2, -0.15) is 0 Å². The van der Waals surface area contributed by atoms with E-state index in [9.17, 15) is 4.79 Å². The third-order valence-corrected chi connectivity index (χ3v) is 5.52. The van der Waals surface area contributed by atoms with E-state index in [2.05, 4.69) is 31.2 Å². The smallest absolute Gasteiger partial charge is 0.239 e. The molecule has 1 atom stereocenters. The van der Waals surface area contributed by atoms with Crippen LogP contribution in [0.1, 0.15) is 29.3 Å². The van der Waals surface area contributed by atoms with Gasteiger partial charge in [0.25, 0.3) is 0 Å². The van der Waals surface area contributed by atoms with E-state index in [1.165, 1.54) is 5.56 Å². The van der Waals surface area contributed by atoms with E-state index >= 15 is 0 Å². The molecule has 7 nitrogen and oxygen atoms in total. The zero-order chi connectivity index (χ0) is 18.9. The lowest BCUT2D eigenvalue weighted by Crippen LogP contribution is -2.36. The van der Waals surface area contributed by atoms with Gasteiger partial charge in [-0.25, -0.2) is 9.97 Å². The van der Waals surface area contributed by atoms with Crippen LogP contribution < -0.4 is 5.32 Å². The number of pyridine rings is 1. The van der Waals surface area contributed by atoms with Crippen LogP contribution >= 0.6 is 0 Å². The van der Waals surface area contributed by atoms with Gasteiger partial charge in [0, 0.05) is 25.0 Å². The first-order valence-corrected chi connectivity index (χ1v) is 9.82. The number of amides is 1. The number of benzene rings is 1. The maximum Gasteiger partial charge on any atom is 0.239 e. The lowest BCUT2D eigenvalue weighted by Gasteiger charge is -2.26. The van der Waals surface area contributed by atoms with E-state index in [-0.39, 0.29) is 5.91 Å². The number of ether oxygens (including phenoxy) is 1. The van der Waals surface area contributed by atoms with Gasteiger partial charge in [-0.1, -0.05) is 18.2 Å². The Bertz CT molecular complexity index is 1010. The molecule has 5 rings (SSSR count). The molecule has 3 aromatic rings. The van der Waals surface area contributed by atoms with E-state index < -0.39 is 5.92 Å². The Morgan fingerprint density at radius 1 is 1.21 bits per heavy atom. The summed E-state index contributed by atoms with van der Waals surface area (Å²) in [5, 5.41) is 2.93. The zero-order valence-electron chi connectivity index (χ0n) is 15.6. The van der Waals surface area contributed by atoms with Crippen molar-refractivity contribution < 1.29 is 9.53 Å². The largest absolute Gasteiger partial charge is 0.379 e. The predicted octanol–water partition coefficient (Wildman–Crippen LogP) is 2.31. The number of H-pyrrole nitrogens is 1. The fourth-order valence-corrected chi connectivity index (χ4v) is 4.05. The monoisotopic (exact) mass is 377 g/mol. The third-order valence-electron chi connectivity index (χ3n) is 5.52. The van der Waals surface area contributed by atoms with Gasteiger partial charge in [0.05, 0.1) is 18.7 Å². The molecule has 4 heterocycles. The number of carbonyl (C=O) groups is 1. The summed E-state index contributed by atoms with van der Waals surface area (Å²) in [6.07, 6.45) is 3.96. The first-order valence-electron chi connectivity index (χ1n) is 9.82. The minimum Gasteiger partial charge on any atom is -0.379 e. The van der Waals surface area contributed by atoms with Crippen LogP contribution in [0.15, 0.2) is 36.5 Å². The minimum absolute atomic E-state index is 0.0500. The SMILES string of the molecule is O=C1Nc2ccccc2C1c1nc2ncc(CCCN3CCOCC3)cc2[nH]1. The molecule has 1 saturated heterocycles. The number of para-hydroxylation sites is 1. The van der Waals surface area contributed by atoms with Crippen molar-refractivity contribution in [3.63, 3.8) is 0 Å². The van der Waals surface area contributed by atoms with Crippen molar-refractivity contribution in [3.8, 4) is 0 Å². The molecule has 0 saturated carbocycles. The highest BCUT2D eigenvalue weighted by atomic mass is 16.5. The molecule has 0 radical (unpaired) electrons. The average Bonchev–Trinajstić information content (AvgIpc) is 3.27. The second-order valence-corrected chi connectivity index (χ2v) is 7.40. The number of aromatic amines is 1. The Morgan fingerprint density at radius 2 is 2.07 bits per heavy atom. The second-order valence-electron chi connectivity index (χ2n) is 7.40. The highest BCUT2D eigenvalue weighted by Crippen LogP contribution is 2.36. The highest BCUT2D eigenvalue weighted by molar-refractivity contribution is 6.04. The number of hydrogen-bond donors (Lipinski definition) is 2. The summed E-state index contributed by atoms with van der Waals surface area (Å²) in [5.41, 5.74) is 4.54. The Kier molecular flexibility index (Phi) is 4.54. The van der Waals surface area contributed by atoms with Crippen molar-refractivity contribution in [2.75, 3.05) is 38.2 Å². The summed E-state index contributed by atoms with van der Waals surface area (Å²) in [6, 6.07) is 9.86. The van der Waals surface area contributed by atoms with Crippen molar-refractivity contribution in [2.24, 2.45) is 0 Å². The maximum atomic E-state index is 12.5. The first-order chi connectivity index (χ1) is 13.8. The van der Waals surface area contributed by atoms with Crippen molar-refractivity contribution in [3.05, 3.63) is 53.5 Å². The number of nitrogens with one attached hydrogen (secondary N) is 2. The van der Waals surface area contributed by atoms with Gasteiger partial charge in [0.1, 0.15) is 11.7 Å². The molecule has 1 aromatic carbocycles. The van der Waals surface area contributed by atoms with Crippen LogP contribution in [0.4, 0.5) is 5.69 Å². The number of rotatable bonds is 5. The molecule has 1 amide bonds. The van der Waals surface area contributed by atoms with Gasteiger partial charge >= 0.3 is 0 Å². The molecule has 7 heteroatoms. The molecule has 1 unspecified atom stereocenters. The van der Waals surface area contributed by atoms with E-state index in [1.807, 2.05) is 30.5 Å². The Balaban J connectivity index is 1.32. The normalized spacial score (nSPS) is 19.7. The van der Waals surface area contributed by atoms with Crippen LogP contribution in [0.25, 0.3) is 11.2 Å². The molecule has 144 valence electrons. The molecule has 2 aromatic heterocycles. The van der Waals surface area contributed by atoms with Crippen LogP contribution in [0.3, 0.4) is 0 Å². The fraction of sp³-hybridized carbons (Fsp3) is 0.381. The van der Waals surface area contributed by atoms with Crippen LogP contribution in [-0.2, 0) is 16.0 Å². The number of nitrogens with zero attached hydrogens (tertiary/aromatic N) is 3. The highest BCUT2D eigenvalue weighted by Gasteiger charge is 2.34. The van der Waals surface area contributed by atoms with Gasteiger partial charge in [-0.3, -0.25) is 9.69 Å². The molecule has 2 N–H and O–H groups in total. The third kappa shape index (κ3) is 3.27. The maximum absolute atomic E-state index is 12.5. The number of aryl methyl sites for hydroxylation is 1. The van der Waals surface area contributed by atoms with Gasteiger partial charge in [0.2, 0.25) is 5.91 Å².